The van der Waals surface area contributed by atoms with Crippen LogP contribution in [0, 0.1) is 0 Å². The zero-order valence-electron chi connectivity index (χ0n) is 16.5. The van der Waals surface area contributed by atoms with Gasteiger partial charge in [-0.15, -0.1) is 0 Å². The average molecular weight is 517 g/mol. The predicted molar refractivity (Wildman–Crippen MR) is 113 cm³/mol. The summed E-state index contributed by atoms with van der Waals surface area (Å²) < 4.78 is 41.0. The molecule has 1 saturated carbocycles. The fourth-order valence-corrected chi connectivity index (χ4v) is 5.62. The Balaban J connectivity index is 2.12. The molecule has 1 spiro atoms. The molecule has 3 atom stereocenters. The van der Waals surface area contributed by atoms with Crippen LogP contribution in [0.3, 0.4) is 0 Å². The molecule has 1 aliphatic heterocycles. The van der Waals surface area contributed by atoms with Gasteiger partial charge in [0.15, 0.2) is 5.78 Å². The van der Waals surface area contributed by atoms with Crippen LogP contribution in [-0.2, 0) is 33.6 Å². The average Bonchev–Trinajstić information content (AvgIpc) is 2.98. The van der Waals surface area contributed by atoms with Gasteiger partial charge in [-0.25, -0.2) is 9.18 Å². The van der Waals surface area contributed by atoms with Crippen molar-refractivity contribution in [3.8, 4) is 0 Å². The van der Waals surface area contributed by atoms with Gasteiger partial charge in [0.05, 0.1) is 6.10 Å². The number of ketones is 1. The minimum atomic E-state index is -4.66. The third-order valence-corrected chi connectivity index (χ3v) is 6.57. The van der Waals surface area contributed by atoms with E-state index < -0.39 is 44.3 Å². The van der Waals surface area contributed by atoms with Crippen LogP contribution in [0.2, 0.25) is 0 Å². The molecule has 3 rings (SSSR count). The number of amides is 1. The number of alkyl halides is 3. The molecule has 0 aromatic carbocycles. The van der Waals surface area contributed by atoms with Gasteiger partial charge in [-0.3, -0.25) is 14.9 Å². The number of nitrogens with zero attached hydrogens (tertiary/aromatic N) is 2. The maximum Gasteiger partial charge on any atom is 0.366 e. The summed E-state index contributed by atoms with van der Waals surface area (Å²) in [5.41, 5.74) is -0.998. The second-order valence-corrected chi connectivity index (χ2v) is 11.0. The zero-order chi connectivity index (χ0) is 23.0. The Morgan fingerprint density at radius 1 is 1.42 bits per heavy atom. The Morgan fingerprint density at radius 3 is 2.74 bits per heavy atom. The van der Waals surface area contributed by atoms with Gasteiger partial charge >= 0.3 is 10.3 Å². The third kappa shape index (κ3) is 4.92. The van der Waals surface area contributed by atoms with Crippen LogP contribution in [0.5, 0.6) is 0 Å². The number of carbonyl (C=O) groups excluding carboxylic acids is 2. The van der Waals surface area contributed by atoms with Crippen molar-refractivity contribution in [3.05, 3.63) is 23.8 Å². The summed E-state index contributed by atoms with van der Waals surface area (Å²) in [7, 11) is -3.21. The lowest BCUT2D eigenvalue weighted by Gasteiger charge is -2.47. The first kappa shape index (κ1) is 24.4. The lowest BCUT2D eigenvalue weighted by molar-refractivity contribution is -0.117. The SMILES string of the molecule is COCO[C@@H]1CCC2=CC(=O)C=C[C@@]23[C@@H]1N=C(NC(C)=O)N3S(=O)(=O)OCC(Cl)(Cl)Cl. The van der Waals surface area contributed by atoms with Gasteiger partial charge in [0.2, 0.25) is 15.7 Å². The summed E-state index contributed by atoms with van der Waals surface area (Å²) in [5.74, 6) is -1.16. The van der Waals surface area contributed by atoms with Crippen molar-refractivity contribution < 1.29 is 31.7 Å². The van der Waals surface area contributed by atoms with E-state index in [0.29, 0.717) is 18.4 Å². The van der Waals surface area contributed by atoms with Crippen LogP contribution in [0.25, 0.3) is 0 Å². The van der Waals surface area contributed by atoms with E-state index in [9.17, 15) is 18.0 Å². The number of methoxy groups -OCH3 is 1. The Kier molecular flexibility index (Phi) is 7.07. The van der Waals surface area contributed by atoms with Crippen molar-refractivity contribution in [1.82, 2.24) is 9.62 Å². The highest BCUT2D eigenvalue weighted by Crippen LogP contribution is 2.48. The van der Waals surface area contributed by atoms with Crippen LogP contribution in [0.15, 0.2) is 28.8 Å². The molecule has 0 unspecified atom stereocenters. The summed E-state index contributed by atoms with van der Waals surface area (Å²) in [6.45, 7) is 0.362. The quantitative estimate of drug-likeness (QED) is 0.418. The molecular weight excluding hydrogens is 497 g/mol. The molecule has 0 aromatic rings. The number of carbonyl (C=O) groups is 2. The second kappa shape index (κ2) is 8.97. The van der Waals surface area contributed by atoms with Crippen LogP contribution in [0.4, 0.5) is 0 Å². The Labute approximate surface area is 194 Å². The third-order valence-electron chi connectivity index (χ3n) is 4.91. The molecule has 14 heteroatoms. The molecular formula is C17H20Cl3N3O7S. The maximum absolute atomic E-state index is 13.3. The monoisotopic (exact) mass is 515 g/mol. The lowest BCUT2D eigenvalue weighted by atomic mass is 9.70. The molecule has 10 nitrogen and oxygen atoms in total. The van der Waals surface area contributed by atoms with E-state index in [0.717, 1.165) is 4.31 Å². The minimum Gasteiger partial charge on any atom is -0.359 e. The highest BCUT2D eigenvalue weighted by atomic mass is 35.6. The van der Waals surface area contributed by atoms with Crippen LogP contribution in [0.1, 0.15) is 19.8 Å². The van der Waals surface area contributed by atoms with Crippen LogP contribution >= 0.6 is 34.8 Å². The molecule has 1 heterocycles. The van der Waals surface area contributed by atoms with Crippen molar-refractivity contribution in [2.24, 2.45) is 4.99 Å². The van der Waals surface area contributed by atoms with E-state index in [1.54, 1.807) is 0 Å². The van der Waals surface area contributed by atoms with Crippen molar-refractivity contribution in [3.63, 3.8) is 0 Å². The predicted octanol–water partition coefficient (Wildman–Crippen LogP) is 1.38. The van der Waals surface area contributed by atoms with Gasteiger partial charge in [-0.2, -0.15) is 12.7 Å². The summed E-state index contributed by atoms with van der Waals surface area (Å²) in [6, 6.07) is -0.833. The van der Waals surface area contributed by atoms with E-state index >= 15 is 0 Å². The van der Waals surface area contributed by atoms with Crippen molar-refractivity contribution in [1.29, 1.82) is 0 Å². The fraction of sp³-hybridized carbons (Fsp3) is 0.588. The summed E-state index contributed by atoms with van der Waals surface area (Å²) in [5, 5.41) is 2.41. The Hall–Kier alpha value is -1.21. The van der Waals surface area contributed by atoms with Gasteiger partial charge in [0.25, 0.3) is 0 Å². The lowest BCUT2D eigenvalue weighted by Crippen LogP contribution is -2.63. The van der Waals surface area contributed by atoms with Crippen LogP contribution in [-0.4, -0.2) is 72.4 Å². The molecule has 2 aliphatic carbocycles. The first-order valence-electron chi connectivity index (χ1n) is 9.07. The molecule has 0 saturated heterocycles. The molecule has 1 fully saturated rings. The molecule has 3 aliphatic rings. The Morgan fingerprint density at radius 2 is 2.13 bits per heavy atom. The summed E-state index contributed by atoms with van der Waals surface area (Å²) in [4.78, 5) is 28.3. The van der Waals surface area contributed by atoms with E-state index in [2.05, 4.69) is 10.3 Å². The first-order valence-corrected chi connectivity index (χ1v) is 11.6. The number of rotatable bonds is 6. The number of hydrogen-bond donors (Lipinski definition) is 1. The first-order chi connectivity index (χ1) is 14.4. The molecule has 0 bridgehead atoms. The molecule has 172 valence electrons. The smallest absolute Gasteiger partial charge is 0.359 e. The zero-order valence-corrected chi connectivity index (χ0v) is 19.6. The van der Waals surface area contributed by atoms with Gasteiger partial charge in [-0.1, -0.05) is 34.8 Å². The number of ether oxygens (including phenoxy) is 2. The molecule has 1 N–H and O–H groups in total. The minimum absolute atomic E-state index is 0.0551. The number of hydrogen-bond acceptors (Lipinski definition) is 8. The van der Waals surface area contributed by atoms with Crippen molar-refractivity contribution in [2.75, 3.05) is 20.5 Å². The Bertz CT molecular complexity index is 961. The highest BCUT2D eigenvalue weighted by Gasteiger charge is 2.62. The maximum atomic E-state index is 13.3. The highest BCUT2D eigenvalue weighted by molar-refractivity contribution is 7.85. The van der Waals surface area contributed by atoms with E-state index in [1.807, 2.05) is 0 Å². The molecule has 1 amide bonds. The van der Waals surface area contributed by atoms with Gasteiger partial charge < -0.3 is 9.47 Å². The number of nitrogens with one attached hydrogen (secondary N) is 1. The number of halogens is 3. The molecule has 0 radical (unpaired) electrons. The normalized spacial score (nSPS) is 28.0. The van der Waals surface area contributed by atoms with E-state index in [4.69, 9.17) is 48.5 Å². The van der Waals surface area contributed by atoms with Gasteiger partial charge in [0.1, 0.15) is 25.0 Å². The van der Waals surface area contributed by atoms with Gasteiger partial charge in [0, 0.05) is 14.0 Å². The standard InChI is InChI=1S/C17H20Cl3N3O7S/c1-10(24)21-15-22-14-13(29-9-28-2)4-3-11-7-12(25)5-6-16(11,14)23(15)31(26,27)30-8-17(18,19)20/h5-7,13-14H,3-4,8-9H2,1-2H3,(H,21,22,24)/t13-,14-,16+/m1/s1. The topological polar surface area (TPSA) is 124 Å². The number of aliphatic imine (C=N–C) groups is 1. The second-order valence-electron chi connectivity index (χ2n) is 7.06. The van der Waals surface area contributed by atoms with Gasteiger partial charge in [-0.05, 0) is 36.6 Å². The number of guanidine groups is 1. The summed E-state index contributed by atoms with van der Waals surface area (Å²) >= 11 is 17.0. The molecule has 0 aromatic heterocycles. The molecule has 31 heavy (non-hydrogen) atoms. The largest absolute Gasteiger partial charge is 0.366 e. The summed E-state index contributed by atoms with van der Waals surface area (Å²) in [6.07, 6.45) is 4.21. The van der Waals surface area contributed by atoms with Crippen molar-refractivity contribution in [2.45, 2.75) is 41.2 Å². The van der Waals surface area contributed by atoms with E-state index in [-0.39, 0.29) is 18.5 Å². The fourth-order valence-electron chi connectivity index (χ4n) is 3.87. The van der Waals surface area contributed by atoms with Crippen LogP contribution < -0.4 is 5.32 Å². The number of allylic oxidation sites excluding steroid dienone is 2. The van der Waals surface area contributed by atoms with Crippen molar-refractivity contribution >= 4 is 62.8 Å². The van der Waals surface area contributed by atoms with E-state index in [1.165, 1.54) is 32.3 Å².